The lowest BCUT2D eigenvalue weighted by atomic mass is 9.93. The zero-order valence-electron chi connectivity index (χ0n) is 23.6. The molecule has 0 fully saturated rings. The molecule has 0 aromatic rings. The van der Waals surface area contributed by atoms with E-state index in [1.807, 2.05) is 0 Å². The molecule has 0 aromatic carbocycles. The van der Waals surface area contributed by atoms with Crippen molar-refractivity contribution in [2.24, 2.45) is 0 Å². The van der Waals surface area contributed by atoms with E-state index in [4.69, 9.17) is 4.74 Å². The molecule has 1 rings (SSSR count). The molecule has 1 aliphatic carbocycles. The molecule has 0 saturated heterocycles. The molecule has 0 unspecified atom stereocenters. The topological polar surface area (TPSA) is 72.5 Å². The summed E-state index contributed by atoms with van der Waals surface area (Å²) in [7, 11) is 1.50. The fourth-order valence-corrected chi connectivity index (χ4v) is 4.83. The van der Waals surface area contributed by atoms with E-state index in [1.54, 1.807) is 0 Å². The van der Waals surface area contributed by atoms with Crippen LogP contribution in [0.5, 0.6) is 0 Å². The Morgan fingerprint density at radius 2 is 1.14 bits per heavy atom. The molecule has 0 aliphatic heterocycles. The van der Waals surface area contributed by atoms with Gasteiger partial charge in [-0.15, -0.1) is 0 Å². The summed E-state index contributed by atoms with van der Waals surface area (Å²) in [6, 6.07) is 0. The van der Waals surface area contributed by atoms with Crippen LogP contribution in [0, 0.1) is 0 Å². The third kappa shape index (κ3) is 14.0. The van der Waals surface area contributed by atoms with Gasteiger partial charge in [0.1, 0.15) is 5.76 Å². The zero-order chi connectivity index (χ0) is 26.4. The Kier molecular flexibility index (Phi) is 18.9. The number of carbonyl (C=O) groups is 3. The highest BCUT2D eigenvalue weighted by Gasteiger charge is 2.30. The van der Waals surface area contributed by atoms with Crippen LogP contribution in [0.4, 0.5) is 0 Å². The Hall–Kier alpha value is -1.91. The third-order valence-electron chi connectivity index (χ3n) is 7.06. The monoisotopic (exact) mass is 503 g/mol. The predicted octanol–water partition coefficient (Wildman–Crippen LogP) is 8.27. The number of carbonyl (C=O) groups excluding carboxylic acids is 3. The molecule has 36 heavy (non-hydrogen) atoms. The Morgan fingerprint density at radius 3 is 1.61 bits per heavy atom. The molecule has 0 saturated carbocycles. The first kappa shape index (κ1) is 32.1. The van der Waals surface area contributed by atoms with E-state index in [-0.39, 0.29) is 5.91 Å². The van der Waals surface area contributed by atoms with Crippen molar-refractivity contribution >= 4 is 17.5 Å². The number of Topliss-reactive ketones (excluding diaryl/α,β-unsaturated/α-hetero) is 1. The van der Waals surface area contributed by atoms with Gasteiger partial charge in [0.25, 0.3) is 0 Å². The average Bonchev–Trinajstić information content (AvgIpc) is 2.86. The van der Waals surface area contributed by atoms with E-state index < -0.39 is 11.6 Å². The van der Waals surface area contributed by atoms with E-state index in [0.717, 1.165) is 38.5 Å². The highest BCUT2D eigenvalue weighted by atomic mass is 16.5. The van der Waals surface area contributed by atoms with Crippen LogP contribution in [0.2, 0.25) is 0 Å². The number of rotatable bonds is 23. The van der Waals surface area contributed by atoms with Crippen LogP contribution in [-0.4, -0.2) is 24.6 Å². The van der Waals surface area contributed by atoms with Crippen molar-refractivity contribution in [3.8, 4) is 0 Å². The normalized spacial score (nSPS) is 13.8. The zero-order valence-corrected chi connectivity index (χ0v) is 23.6. The summed E-state index contributed by atoms with van der Waals surface area (Å²) in [6.45, 7) is 4.47. The van der Waals surface area contributed by atoms with Crippen molar-refractivity contribution < 1.29 is 19.1 Å². The van der Waals surface area contributed by atoms with E-state index in [9.17, 15) is 14.4 Å². The summed E-state index contributed by atoms with van der Waals surface area (Å²) in [5.41, 5.74) is 0.744. The van der Waals surface area contributed by atoms with E-state index in [1.165, 1.54) is 96.7 Å². The predicted molar refractivity (Wildman–Crippen MR) is 149 cm³/mol. The Bertz CT molecular complexity index is 707. The summed E-state index contributed by atoms with van der Waals surface area (Å²) in [5, 5.41) is 2.83. The molecular weight excluding hydrogens is 450 g/mol. The molecule has 0 spiro atoms. The molecule has 1 N–H and O–H groups in total. The lowest BCUT2D eigenvalue weighted by Crippen LogP contribution is -2.31. The van der Waals surface area contributed by atoms with E-state index >= 15 is 0 Å². The van der Waals surface area contributed by atoms with Crippen LogP contribution in [0.1, 0.15) is 149 Å². The summed E-state index contributed by atoms with van der Waals surface area (Å²) < 4.78 is 5.50. The number of amides is 1. The minimum absolute atomic E-state index is 0.126. The quantitative estimate of drug-likeness (QED) is 0.0865. The fraction of sp³-hybridized carbons (Fsp3) is 0.774. The minimum atomic E-state index is -0.573. The molecule has 5 heteroatoms. The van der Waals surface area contributed by atoms with Gasteiger partial charge in [0.2, 0.25) is 17.5 Å². The molecular formula is C31H53NO4. The van der Waals surface area contributed by atoms with Gasteiger partial charge < -0.3 is 10.1 Å². The number of nitrogens with one attached hydrogen (secondary N) is 1. The van der Waals surface area contributed by atoms with Gasteiger partial charge in [0.05, 0.1) is 12.8 Å². The number of methoxy groups -OCH3 is 1. The van der Waals surface area contributed by atoms with Crippen LogP contribution >= 0.6 is 0 Å². The van der Waals surface area contributed by atoms with Crippen molar-refractivity contribution in [1.82, 2.24) is 5.32 Å². The highest BCUT2D eigenvalue weighted by Crippen LogP contribution is 2.25. The highest BCUT2D eigenvalue weighted by molar-refractivity contribution is 6.48. The van der Waals surface area contributed by atoms with Gasteiger partial charge >= 0.3 is 0 Å². The first-order chi connectivity index (χ1) is 17.5. The second-order valence-electron chi connectivity index (χ2n) is 10.3. The Balaban J connectivity index is 2.38. The van der Waals surface area contributed by atoms with Crippen molar-refractivity contribution in [2.45, 2.75) is 149 Å². The lowest BCUT2D eigenvalue weighted by Gasteiger charge is -2.20. The smallest absolute Gasteiger partial charge is 0.232 e. The molecule has 0 radical (unpaired) electrons. The number of hydrogen-bond acceptors (Lipinski definition) is 4. The molecule has 1 aliphatic rings. The van der Waals surface area contributed by atoms with Gasteiger partial charge in [-0.05, 0) is 19.3 Å². The largest absolute Gasteiger partial charge is 0.494 e. The Labute approximate surface area is 220 Å². The molecule has 1 amide bonds. The Morgan fingerprint density at radius 1 is 0.694 bits per heavy atom. The maximum Gasteiger partial charge on any atom is 0.232 e. The van der Waals surface area contributed by atoms with Crippen LogP contribution < -0.4 is 5.32 Å². The van der Waals surface area contributed by atoms with E-state index in [0.29, 0.717) is 29.9 Å². The van der Waals surface area contributed by atoms with Crippen LogP contribution in [0.3, 0.4) is 0 Å². The molecule has 0 heterocycles. The molecule has 0 aromatic heterocycles. The van der Waals surface area contributed by atoms with Gasteiger partial charge in [0.15, 0.2) is 0 Å². The molecule has 206 valence electrons. The maximum atomic E-state index is 12.5. The van der Waals surface area contributed by atoms with E-state index in [2.05, 4.69) is 19.2 Å². The van der Waals surface area contributed by atoms with Crippen molar-refractivity contribution in [3.05, 3.63) is 23.1 Å². The van der Waals surface area contributed by atoms with Gasteiger partial charge in [-0.1, -0.05) is 123 Å². The summed E-state index contributed by atoms with van der Waals surface area (Å²) in [5.74, 6) is -0.842. The third-order valence-corrected chi connectivity index (χ3v) is 7.06. The van der Waals surface area contributed by atoms with Crippen molar-refractivity contribution in [2.75, 3.05) is 7.11 Å². The average molecular weight is 504 g/mol. The second-order valence-corrected chi connectivity index (χ2v) is 10.3. The van der Waals surface area contributed by atoms with Crippen molar-refractivity contribution in [3.63, 3.8) is 0 Å². The number of unbranched alkanes of at least 4 members (excludes halogenated alkanes) is 17. The molecule has 5 nitrogen and oxygen atoms in total. The van der Waals surface area contributed by atoms with Gasteiger partial charge in [-0.25, -0.2) is 0 Å². The second kappa shape index (κ2) is 21.2. The lowest BCUT2D eigenvalue weighted by molar-refractivity contribution is -0.132. The van der Waals surface area contributed by atoms with Gasteiger partial charge in [-0.2, -0.15) is 0 Å². The summed E-state index contributed by atoms with van der Waals surface area (Å²) in [4.78, 5) is 37.3. The number of ketones is 2. The molecule has 0 atom stereocenters. The van der Waals surface area contributed by atoms with Crippen LogP contribution in [0.25, 0.3) is 0 Å². The number of hydrogen-bond donors (Lipinski definition) is 1. The van der Waals surface area contributed by atoms with Gasteiger partial charge in [0, 0.05) is 18.1 Å². The minimum Gasteiger partial charge on any atom is -0.494 e. The summed E-state index contributed by atoms with van der Waals surface area (Å²) in [6.07, 6.45) is 25.0. The fourth-order valence-electron chi connectivity index (χ4n) is 4.83. The molecule has 0 bridgehead atoms. The van der Waals surface area contributed by atoms with Crippen LogP contribution in [0.15, 0.2) is 23.1 Å². The summed E-state index contributed by atoms with van der Waals surface area (Å²) >= 11 is 0. The maximum absolute atomic E-state index is 12.5. The number of allylic oxidation sites excluding steroid dienone is 2. The van der Waals surface area contributed by atoms with Crippen molar-refractivity contribution in [1.29, 1.82) is 0 Å². The first-order valence-corrected chi connectivity index (χ1v) is 14.9. The standard InChI is InChI=1S/C31H53NO4/c1-4-6-8-10-12-14-16-17-19-21-23-26-30(35)28(33)25-27(31(26)36-3)32-29(34)24-22-20-18-15-13-11-9-7-5-2/h25H,4-24H2,1-3H3,(H,32,34). The SMILES string of the molecule is CCCCCCCCCCCCC1=C(OC)C(NC(=O)CCCCCCCCCCC)=CC(=O)C1=O. The van der Waals surface area contributed by atoms with Gasteiger partial charge in [-0.3, -0.25) is 14.4 Å². The first-order valence-electron chi connectivity index (χ1n) is 14.9. The number of ether oxygens (including phenoxy) is 1. The van der Waals surface area contributed by atoms with Crippen LogP contribution in [-0.2, 0) is 19.1 Å².